The number of hydrogen-bond donors (Lipinski definition) is 2. The molecular formula is C14H14N2O3S. The zero-order valence-corrected chi connectivity index (χ0v) is 11.6. The van der Waals surface area contributed by atoms with E-state index < -0.39 is 15.9 Å². The summed E-state index contributed by atoms with van der Waals surface area (Å²) in [7, 11) is -3.29. The van der Waals surface area contributed by atoms with Crippen molar-refractivity contribution in [2.75, 3.05) is 16.9 Å². The maximum atomic E-state index is 11.8. The molecule has 2 aromatic carbocycles. The minimum absolute atomic E-state index is 0.162. The molecular weight excluding hydrogens is 276 g/mol. The van der Waals surface area contributed by atoms with Gasteiger partial charge in [0, 0.05) is 17.6 Å². The zero-order chi connectivity index (χ0) is 14.6. The van der Waals surface area contributed by atoms with Crippen LogP contribution in [0.3, 0.4) is 0 Å². The quantitative estimate of drug-likeness (QED) is 0.912. The fourth-order valence-electron chi connectivity index (χ4n) is 1.62. The lowest BCUT2D eigenvalue weighted by atomic mass is 10.3. The van der Waals surface area contributed by atoms with Crippen molar-refractivity contribution in [2.24, 2.45) is 0 Å². The van der Waals surface area contributed by atoms with Crippen molar-refractivity contribution in [3.8, 4) is 0 Å². The molecule has 0 aromatic heterocycles. The van der Waals surface area contributed by atoms with Crippen LogP contribution in [0.2, 0.25) is 0 Å². The highest BCUT2D eigenvalue weighted by atomic mass is 32.2. The Hall–Kier alpha value is -2.34. The number of nitrogens with one attached hydrogen (secondary N) is 2. The number of rotatable bonds is 3. The topological polar surface area (TPSA) is 75.3 Å². The summed E-state index contributed by atoms with van der Waals surface area (Å²) in [6.07, 6.45) is 1.12. The molecule has 0 aliphatic rings. The summed E-state index contributed by atoms with van der Waals surface area (Å²) in [6, 6.07) is 14.6. The number of urea groups is 1. The molecule has 0 heterocycles. The molecule has 0 aliphatic carbocycles. The van der Waals surface area contributed by atoms with Crippen molar-refractivity contribution in [1.29, 1.82) is 0 Å². The number of carbonyl (C=O) groups is 1. The number of carbonyl (C=O) groups excluding carboxylic acids is 1. The van der Waals surface area contributed by atoms with E-state index in [1.807, 2.05) is 6.07 Å². The maximum Gasteiger partial charge on any atom is 0.323 e. The number of para-hydroxylation sites is 1. The third-order valence-electron chi connectivity index (χ3n) is 2.55. The van der Waals surface area contributed by atoms with Crippen molar-refractivity contribution < 1.29 is 13.2 Å². The molecule has 0 saturated carbocycles. The first-order chi connectivity index (χ1) is 9.45. The van der Waals surface area contributed by atoms with Crippen LogP contribution in [0.1, 0.15) is 0 Å². The van der Waals surface area contributed by atoms with Gasteiger partial charge in [-0.1, -0.05) is 24.3 Å². The van der Waals surface area contributed by atoms with E-state index in [1.165, 1.54) is 12.1 Å². The maximum absolute atomic E-state index is 11.8. The van der Waals surface area contributed by atoms with Crippen LogP contribution in [-0.2, 0) is 9.84 Å². The fraction of sp³-hybridized carbons (Fsp3) is 0.0714. The van der Waals surface area contributed by atoms with Crippen LogP contribution in [0.15, 0.2) is 59.5 Å². The molecule has 0 spiro atoms. The summed E-state index contributed by atoms with van der Waals surface area (Å²) in [4.78, 5) is 11.9. The second-order valence-electron chi connectivity index (χ2n) is 4.25. The van der Waals surface area contributed by atoms with E-state index in [4.69, 9.17) is 0 Å². The van der Waals surface area contributed by atoms with Crippen molar-refractivity contribution >= 4 is 27.2 Å². The summed E-state index contributed by atoms with van der Waals surface area (Å²) < 4.78 is 22.9. The molecule has 0 unspecified atom stereocenters. The van der Waals surface area contributed by atoms with E-state index in [9.17, 15) is 13.2 Å². The first-order valence-corrected chi connectivity index (χ1v) is 7.77. The summed E-state index contributed by atoms with van der Waals surface area (Å²) >= 11 is 0. The van der Waals surface area contributed by atoms with Gasteiger partial charge in [0.15, 0.2) is 9.84 Å². The average Bonchev–Trinajstić information content (AvgIpc) is 2.39. The molecule has 0 aliphatic heterocycles. The van der Waals surface area contributed by atoms with E-state index >= 15 is 0 Å². The van der Waals surface area contributed by atoms with E-state index in [0.29, 0.717) is 11.4 Å². The largest absolute Gasteiger partial charge is 0.323 e. The highest BCUT2D eigenvalue weighted by molar-refractivity contribution is 7.90. The van der Waals surface area contributed by atoms with Crippen LogP contribution in [0.25, 0.3) is 0 Å². The normalized spacial score (nSPS) is 10.8. The van der Waals surface area contributed by atoms with Crippen molar-refractivity contribution in [1.82, 2.24) is 0 Å². The standard InChI is InChI=1S/C14H14N2O3S/c1-20(18,19)13-9-5-8-12(10-13)16-14(17)15-11-6-3-2-4-7-11/h2-10H,1H3,(H2,15,16,17). The number of sulfone groups is 1. The van der Waals surface area contributed by atoms with E-state index in [1.54, 1.807) is 36.4 Å². The molecule has 2 amide bonds. The molecule has 20 heavy (non-hydrogen) atoms. The second kappa shape index (κ2) is 5.75. The smallest absolute Gasteiger partial charge is 0.308 e. The molecule has 5 nitrogen and oxygen atoms in total. The van der Waals surface area contributed by atoms with Gasteiger partial charge in [0.25, 0.3) is 0 Å². The Morgan fingerprint density at radius 2 is 1.50 bits per heavy atom. The Morgan fingerprint density at radius 1 is 0.900 bits per heavy atom. The first-order valence-electron chi connectivity index (χ1n) is 5.88. The van der Waals surface area contributed by atoms with Crippen LogP contribution >= 0.6 is 0 Å². The molecule has 104 valence electrons. The first kappa shape index (κ1) is 14.1. The molecule has 0 bridgehead atoms. The Balaban J connectivity index is 2.09. The van der Waals surface area contributed by atoms with Gasteiger partial charge < -0.3 is 10.6 Å². The highest BCUT2D eigenvalue weighted by Crippen LogP contribution is 2.15. The van der Waals surface area contributed by atoms with Gasteiger partial charge in [-0.2, -0.15) is 0 Å². The predicted molar refractivity (Wildman–Crippen MR) is 78.6 cm³/mol. The second-order valence-corrected chi connectivity index (χ2v) is 6.26. The van der Waals surface area contributed by atoms with Gasteiger partial charge in [0.2, 0.25) is 0 Å². The molecule has 0 fully saturated rings. The third-order valence-corrected chi connectivity index (χ3v) is 3.66. The molecule has 2 aromatic rings. The number of anilines is 2. The van der Waals surface area contributed by atoms with Crippen LogP contribution in [0.4, 0.5) is 16.2 Å². The fourth-order valence-corrected chi connectivity index (χ4v) is 2.29. The van der Waals surface area contributed by atoms with Crippen LogP contribution in [0.5, 0.6) is 0 Å². The van der Waals surface area contributed by atoms with E-state index in [-0.39, 0.29) is 4.90 Å². The van der Waals surface area contributed by atoms with Crippen molar-refractivity contribution in [3.63, 3.8) is 0 Å². The number of benzene rings is 2. The van der Waals surface area contributed by atoms with Gasteiger partial charge in [0.1, 0.15) is 0 Å². The van der Waals surface area contributed by atoms with E-state index in [0.717, 1.165) is 6.26 Å². The van der Waals surface area contributed by atoms with E-state index in [2.05, 4.69) is 10.6 Å². The molecule has 0 atom stereocenters. The predicted octanol–water partition coefficient (Wildman–Crippen LogP) is 2.73. The minimum atomic E-state index is -3.29. The Kier molecular flexibility index (Phi) is 4.05. The molecule has 0 radical (unpaired) electrons. The molecule has 2 rings (SSSR count). The van der Waals surface area contributed by atoms with Crippen LogP contribution in [-0.4, -0.2) is 20.7 Å². The Labute approximate surface area is 117 Å². The molecule has 2 N–H and O–H groups in total. The Morgan fingerprint density at radius 3 is 2.15 bits per heavy atom. The lowest BCUT2D eigenvalue weighted by Gasteiger charge is -2.08. The number of amides is 2. The van der Waals surface area contributed by atoms with Gasteiger partial charge in [0.05, 0.1) is 4.90 Å². The van der Waals surface area contributed by atoms with Gasteiger partial charge >= 0.3 is 6.03 Å². The van der Waals surface area contributed by atoms with Crippen molar-refractivity contribution in [2.45, 2.75) is 4.90 Å². The highest BCUT2D eigenvalue weighted by Gasteiger charge is 2.08. The average molecular weight is 290 g/mol. The van der Waals surface area contributed by atoms with Gasteiger partial charge in [-0.3, -0.25) is 0 Å². The summed E-state index contributed by atoms with van der Waals surface area (Å²) in [6.45, 7) is 0. The van der Waals surface area contributed by atoms with Crippen LogP contribution < -0.4 is 10.6 Å². The monoisotopic (exact) mass is 290 g/mol. The minimum Gasteiger partial charge on any atom is -0.308 e. The zero-order valence-electron chi connectivity index (χ0n) is 10.8. The van der Waals surface area contributed by atoms with Crippen LogP contribution in [0, 0.1) is 0 Å². The lowest BCUT2D eigenvalue weighted by molar-refractivity contribution is 0.262. The van der Waals surface area contributed by atoms with Gasteiger partial charge in [-0.05, 0) is 30.3 Å². The van der Waals surface area contributed by atoms with Gasteiger partial charge in [-0.25, -0.2) is 13.2 Å². The third kappa shape index (κ3) is 3.83. The lowest BCUT2D eigenvalue weighted by Crippen LogP contribution is -2.19. The SMILES string of the molecule is CS(=O)(=O)c1cccc(NC(=O)Nc2ccccc2)c1. The molecule has 0 saturated heterocycles. The van der Waals surface area contributed by atoms with Gasteiger partial charge in [-0.15, -0.1) is 0 Å². The molecule has 6 heteroatoms. The number of hydrogen-bond acceptors (Lipinski definition) is 3. The summed E-state index contributed by atoms with van der Waals surface area (Å²) in [5.41, 5.74) is 1.07. The van der Waals surface area contributed by atoms with Crippen molar-refractivity contribution in [3.05, 3.63) is 54.6 Å². The Bertz CT molecular complexity index is 712. The summed E-state index contributed by atoms with van der Waals surface area (Å²) in [5.74, 6) is 0. The summed E-state index contributed by atoms with van der Waals surface area (Å²) in [5, 5.41) is 5.24.